The number of aliphatic hydroxyl groups is 1. The van der Waals surface area contributed by atoms with Crippen LogP contribution in [0.1, 0.15) is 22.1 Å². The lowest BCUT2D eigenvalue weighted by Gasteiger charge is -2.24. The van der Waals surface area contributed by atoms with Crippen LogP contribution in [0.25, 0.3) is 10.8 Å². The number of hydrogen-bond acceptors (Lipinski definition) is 6. The Morgan fingerprint density at radius 1 is 1.00 bits per heavy atom. The molecule has 0 spiro atoms. The van der Waals surface area contributed by atoms with Crippen molar-refractivity contribution in [3.8, 4) is 0 Å². The van der Waals surface area contributed by atoms with Crippen molar-refractivity contribution in [2.24, 2.45) is 0 Å². The summed E-state index contributed by atoms with van der Waals surface area (Å²) in [5.74, 6) is -0.656. The Hall–Kier alpha value is -3.36. The number of fused-ring (bicyclic) bond motifs is 1. The maximum absolute atomic E-state index is 12.6. The lowest BCUT2D eigenvalue weighted by Crippen LogP contribution is -2.43. The Balaban J connectivity index is 1.54. The number of aliphatic hydroxyl groups excluding tert-OH is 1. The fraction of sp³-hybridized carbons (Fsp3) is 0.273. The van der Waals surface area contributed by atoms with Crippen LogP contribution in [-0.2, 0) is 4.79 Å². The van der Waals surface area contributed by atoms with Crippen molar-refractivity contribution in [1.29, 1.82) is 0 Å². The fourth-order valence-corrected chi connectivity index (χ4v) is 3.20. The quantitative estimate of drug-likeness (QED) is 0.517. The Bertz CT molecular complexity index is 1000. The Morgan fingerprint density at radius 3 is 2.40 bits per heavy atom. The highest BCUT2D eigenvalue weighted by molar-refractivity contribution is 6.04. The maximum atomic E-state index is 12.6. The molecule has 2 amide bonds. The van der Waals surface area contributed by atoms with Gasteiger partial charge in [-0.25, -0.2) is 0 Å². The zero-order valence-corrected chi connectivity index (χ0v) is 16.9. The average molecular weight is 407 g/mol. The summed E-state index contributed by atoms with van der Waals surface area (Å²) in [7, 11) is 3.64. The van der Waals surface area contributed by atoms with E-state index in [2.05, 4.69) is 20.8 Å². The van der Waals surface area contributed by atoms with Crippen LogP contribution in [0.15, 0.2) is 60.8 Å². The molecule has 2 unspecified atom stereocenters. The number of rotatable bonds is 8. The summed E-state index contributed by atoms with van der Waals surface area (Å²) in [5, 5.41) is 24.9. The van der Waals surface area contributed by atoms with Gasteiger partial charge >= 0.3 is 0 Å². The van der Waals surface area contributed by atoms with Crippen LogP contribution >= 0.6 is 0 Å². The molecule has 0 bridgehead atoms. The van der Waals surface area contributed by atoms with Crippen molar-refractivity contribution >= 4 is 22.6 Å². The van der Waals surface area contributed by atoms with Crippen molar-refractivity contribution in [2.45, 2.75) is 12.1 Å². The first kappa shape index (κ1) is 21.4. The Morgan fingerprint density at radius 2 is 1.67 bits per heavy atom. The molecule has 0 radical (unpaired) electrons. The first-order chi connectivity index (χ1) is 14.5. The normalized spacial score (nSPS) is 13.1. The van der Waals surface area contributed by atoms with Crippen LogP contribution in [0.4, 0.5) is 0 Å². The summed E-state index contributed by atoms with van der Waals surface area (Å²) in [5.41, 5.74) is 1.05. The molecule has 0 aliphatic rings. The van der Waals surface area contributed by atoms with E-state index in [4.69, 9.17) is 0 Å². The van der Waals surface area contributed by atoms with Gasteiger partial charge in [0.15, 0.2) is 5.69 Å². The highest BCUT2D eigenvalue weighted by Gasteiger charge is 2.23. The van der Waals surface area contributed by atoms with Crippen LogP contribution in [0.2, 0.25) is 0 Å². The van der Waals surface area contributed by atoms with E-state index in [9.17, 15) is 14.7 Å². The number of nitrogens with one attached hydrogen (secondary N) is 2. The minimum Gasteiger partial charge on any atom is -0.389 e. The van der Waals surface area contributed by atoms with Crippen LogP contribution in [0, 0.1) is 0 Å². The molecule has 0 fully saturated rings. The van der Waals surface area contributed by atoms with Crippen LogP contribution in [0.3, 0.4) is 0 Å². The molecule has 3 rings (SSSR count). The van der Waals surface area contributed by atoms with Gasteiger partial charge in [-0.1, -0.05) is 54.6 Å². The molecular weight excluding hydrogens is 382 g/mol. The largest absolute Gasteiger partial charge is 0.389 e. The molecular formula is C22H25N5O3. The Labute approximate surface area is 174 Å². The molecule has 3 aromatic rings. The third-order valence-electron chi connectivity index (χ3n) is 4.68. The van der Waals surface area contributed by atoms with E-state index < -0.39 is 18.1 Å². The number of aromatic nitrogens is 2. The van der Waals surface area contributed by atoms with Crippen molar-refractivity contribution in [3.63, 3.8) is 0 Å². The van der Waals surface area contributed by atoms with Gasteiger partial charge in [0, 0.05) is 23.9 Å². The predicted octanol–water partition coefficient (Wildman–Crippen LogP) is 1.14. The third-order valence-corrected chi connectivity index (χ3v) is 4.68. The van der Waals surface area contributed by atoms with Gasteiger partial charge in [0.05, 0.1) is 12.3 Å². The van der Waals surface area contributed by atoms with E-state index in [-0.39, 0.29) is 24.7 Å². The topological polar surface area (TPSA) is 107 Å². The zero-order chi connectivity index (χ0) is 21.5. The van der Waals surface area contributed by atoms with Crippen molar-refractivity contribution in [3.05, 3.63) is 72.1 Å². The lowest BCUT2D eigenvalue weighted by molar-refractivity contribution is -0.126. The molecule has 2 atom stereocenters. The molecule has 8 nitrogen and oxygen atoms in total. The van der Waals surface area contributed by atoms with E-state index in [0.717, 1.165) is 10.9 Å². The second-order valence-corrected chi connectivity index (χ2v) is 7.17. The Kier molecular flexibility index (Phi) is 7.05. The summed E-state index contributed by atoms with van der Waals surface area (Å²) in [6.07, 6.45) is 0.643. The number of carbonyl (C=O) groups is 2. The molecule has 30 heavy (non-hydrogen) atoms. The van der Waals surface area contributed by atoms with Crippen molar-refractivity contribution in [2.75, 3.05) is 27.2 Å². The predicted molar refractivity (Wildman–Crippen MR) is 114 cm³/mol. The van der Waals surface area contributed by atoms with Crippen molar-refractivity contribution in [1.82, 2.24) is 25.7 Å². The van der Waals surface area contributed by atoms with Crippen molar-refractivity contribution < 1.29 is 14.7 Å². The zero-order valence-electron chi connectivity index (χ0n) is 16.9. The first-order valence-corrected chi connectivity index (χ1v) is 9.63. The highest BCUT2D eigenvalue weighted by Crippen LogP contribution is 2.18. The van der Waals surface area contributed by atoms with Crippen LogP contribution < -0.4 is 10.6 Å². The molecule has 0 saturated carbocycles. The third kappa shape index (κ3) is 5.16. The minimum absolute atomic E-state index is 0.0114. The number of carbonyl (C=O) groups excluding carboxylic acids is 2. The molecule has 0 saturated heterocycles. The number of nitrogens with zero attached hydrogens (tertiary/aromatic N) is 3. The molecule has 156 valence electrons. The molecule has 1 aromatic heterocycles. The van der Waals surface area contributed by atoms with Gasteiger partial charge in [-0.05, 0) is 19.7 Å². The molecule has 0 aliphatic heterocycles. The smallest absolute Gasteiger partial charge is 0.272 e. The lowest BCUT2D eigenvalue weighted by atomic mass is 10.1. The summed E-state index contributed by atoms with van der Waals surface area (Å²) < 4.78 is 0. The minimum atomic E-state index is -0.945. The van der Waals surface area contributed by atoms with E-state index in [1.807, 2.05) is 62.6 Å². The SMILES string of the molecule is CN(C)C(C(=O)NCC(O)CNC(=O)c1nncc2ccccc12)c1ccccc1. The second-order valence-electron chi connectivity index (χ2n) is 7.17. The van der Waals surface area contributed by atoms with Gasteiger partial charge in [0.1, 0.15) is 6.04 Å². The summed E-state index contributed by atoms with van der Waals surface area (Å²) in [6, 6.07) is 16.2. The maximum Gasteiger partial charge on any atom is 0.272 e. The molecule has 2 aromatic carbocycles. The van der Waals surface area contributed by atoms with Crippen LogP contribution in [0.5, 0.6) is 0 Å². The number of hydrogen-bond donors (Lipinski definition) is 3. The molecule has 1 heterocycles. The van der Waals surface area contributed by atoms with Gasteiger partial charge in [-0.3, -0.25) is 14.5 Å². The fourth-order valence-electron chi connectivity index (χ4n) is 3.20. The monoisotopic (exact) mass is 407 g/mol. The van der Waals surface area contributed by atoms with Gasteiger partial charge in [0.2, 0.25) is 5.91 Å². The molecule has 3 N–H and O–H groups in total. The molecule has 8 heteroatoms. The number of benzene rings is 2. The van der Waals surface area contributed by atoms with E-state index in [1.54, 1.807) is 17.2 Å². The number of likely N-dealkylation sites (N-methyl/N-ethyl adjacent to an activating group) is 1. The molecule has 0 aliphatic carbocycles. The van der Waals surface area contributed by atoms with E-state index in [1.165, 1.54) is 0 Å². The van der Waals surface area contributed by atoms with E-state index >= 15 is 0 Å². The summed E-state index contributed by atoms with van der Waals surface area (Å²) in [4.78, 5) is 26.9. The van der Waals surface area contributed by atoms with Gasteiger partial charge in [-0.15, -0.1) is 5.10 Å². The van der Waals surface area contributed by atoms with Gasteiger partial charge in [-0.2, -0.15) is 5.10 Å². The highest BCUT2D eigenvalue weighted by atomic mass is 16.3. The average Bonchev–Trinajstić information content (AvgIpc) is 2.76. The van der Waals surface area contributed by atoms with E-state index in [0.29, 0.717) is 5.39 Å². The number of amides is 2. The van der Waals surface area contributed by atoms with Gasteiger partial charge in [0.25, 0.3) is 5.91 Å². The second kappa shape index (κ2) is 9.91. The summed E-state index contributed by atoms with van der Waals surface area (Å²) in [6.45, 7) is -0.0144. The standard InChI is InChI=1S/C22H25N5O3/c1-27(2)20(15-8-4-3-5-9-15)22(30)24-14-17(28)13-23-21(29)19-18-11-7-6-10-16(18)12-25-26-19/h3-12,17,20,28H,13-14H2,1-2H3,(H,23,29)(H,24,30). The van der Waals surface area contributed by atoms with Crippen LogP contribution in [-0.4, -0.2) is 65.3 Å². The first-order valence-electron chi connectivity index (χ1n) is 9.63. The van der Waals surface area contributed by atoms with Gasteiger partial charge < -0.3 is 15.7 Å². The summed E-state index contributed by atoms with van der Waals surface area (Å²) >= 11 is 0.